The Bertz CT molecular complexity index is 2340. The van der Waals surface area contributed by atoms with Crippen LogP contribution >= 0.6 is 0 Å². The van der Waals surface area contributed by atoms with Crippen molar-refractivity contribution in [2.24, 2.45) is 0 Å². The van der Waals surface area contributed by atoms with Gasteiger partial charge in [-0.25, -0.2) is 35.9 Å². The number of ether oxygens (including phenoxy) is 2. The van der Waals surface area contributed by atoms with Gasteiger partial charge in [-0.3, -0.25) is 19.2 Å². The van der Waals surface area contributed by atoms with Gasteiger partial charge in [-0.1, -0.05) is 25.7 Å². The first kappa shape index (κ1) is 45.0. The highest BCUT2D eigenvalue weighted by Gasteiger charge is 2.35. The lowest BCUT2D eigenvalue weighted by molar-refractivity contribution is 0.0706. The van der Waals surface area contributed by atoms with Crippen LogP contribution in [-0.4, -0.2) is 59.7 Å². The van der Waals surface area contributed by atoms with Gasteiger partial charge in [-0.15, -0.1) is 0 Å². The van der Waals surface area contributed by atoms with E-state index in [0.717, 1.165) is 36.4 Å². The number of halogens is 10. The summed E-state index contributed by atoms with van der Waals surface area (Å²) in [6.07, 6.45) is 2.79. The van der Waals surface area contributed by atoms with Crippen molar-refractivity contribution in [3.05, 3.63) is 128 Å². The Morgan fingerprint density at radius 2 is 0.594 bits per heavy atom. The molecule has 3 aliphatic rings. The minimum atomic E-state index is -2.53. The monoisotopic (exact) mass is 908 g/mol. The van der Waals surface area contributed by atoms with Crippen LogP contribution in [0.25, 0.3) is 0 Å². The second-order valence-electron chi connectivity index (χ2n) is 15.1. The predicted molar refractivity (Wildman–Crippen MR) is 197 cm³/mol. The summed E-state index contributed by atoms with van der Waals surface area (Å²) < 4.78 is 150. The second kappa shape index (κ2) is 18.0. The summed E-state index contributed by atoms with van der Waals surface area (Å²) in [6.45, 7) is 0. The van der Waals surface area contributed by atoms with Crippen molar-refractivity contribution in [3.63, 3.8) is 0 Å². The third-order valence-corrected chi connectivity index (χ3v) is 10.9. The summed E-state index contributed by atoms with van der Waals surface area (Å²) in [7, 11) is 0. The van der Waals surface area contributed by atoms with E-state index < -0.39 is 163 Å². The average Bonchev–Trinajstić information content (AvgIpc) is 3.29. The molecule has 336 valence electrons. The second-order valence-corrected chi connectivity index (χ2v) is 15.1. The fourth-order valence-electron chi connectivity index (χ4n) is 7.63. The van der Waals surface area contributed by atoms with E-state index in [2.05, 4.69) is 30.7 Å². The molecule has 64 heavy (non-hydrogen) atoms. The maximum absolute atomic E-state index is 14.5. The van der Waals surface area contributed by atoms with Gasteiger partial charge in [0.15, 0.2) is 0 Å². The number of carbonyl (C=O) groups excluding carboxylic acids is 6. The van der Waals surface area contributed by atoms with Crippen LogP contribution in [0.5, 0.6) is 11.5 Å². The molecule has 4 N–H and O–H groups in total. The topological polar surface area (TPSA) is 169 Å². The third-order valence-electron chi connectivity index (χ3n) is 10.9. The highest BCUT2D eigenvalue weighted by molar-refractivity contribution is 6.05. The third kappa shape index (κ3) is 8.80. The van der Waals surface area contributed by atoms with Crippen LogP contribution in [0.3, 0.4) is 0 Å². The van der Waals surface area contributed by atoms with Crippen LogP contribution in [0.1, 0.15) is 114 Å². The maximum Gasteiger partial charge on any atom is 0.343 e. The Labute approximate surface area is 353 Å². The lowest BCUT2D eigenvalue weighted by Gasteiger charge is -2.33. The predicted octanol–water partition coefficient (Wildman–Crippen LogP) is 6.77. The molecule has 2 fully saturated rings. The van der Waals surface area contributed by atoms with Gasteiger partial charge in [0.1, 0.15) is 0 Å². The van der Waals surface area contributed by atoms with E-state index >= 15 is 0 Å². The molecule has 0 spiro atoms. The molecule has 7 rings (SSSR count). The summed E-state index contributed by atoms with van der Waals surface area (Å²) in [6, 6.07) is 1.67. The van der Waals surface area contributed by atoms with Crippen LogP contribution in [0, 0.1) is 58.2 Å². The van der Waals surface area contributed by atoms with Gasteiger partial charge in [0.2, 0.25) is 69.7 Å². The molecule has 0 aromatic heterocycles. The number of rotatable bonds is 4. The van der Waals surface area contributed by atoms with Gasteiger partial charge in [-0.05, 0) is 62.1 Å². The van der Waals surface area contributed by atoms with Gasteiger partial charge >= 0.3 is 11.9 Å². The molecule has 2 saturated carbocycles. The first-order chi connectivity index (χ1) is 30.3. The molecule has 0 saturated heterocycles. The molecule has 12 nitrogen and oxygen atoms in total. The molecule has 0 unspecified atom stereocenters. The lowest BCUT2D eigenvalue weighted by Crippen LogP contribution is -2.54. The van der Waals surface area contributed by atoms with Gasteiger partial charge in [0.25, 0.3) is 23.6 Å². The zero-order valence-corrected chi connectivity index (χ0v) is 32.5. The Hall–Kier alpha value is -7.00. The van der Waals surface area contributed by atoms with Crippen LogP contribution in [0.4, 0.5) is 43.9 Å². The van der Waals surface area contributed by atoms with Crippen LogP contribution < -0.4 is 30.7 Å². The number of amides is 4. The van der Waals surface area contributed by atoms with Gasteiger partial charge < -0.3 is 30.7 Å². The molecule has 1 aliphatic heterocycles. The molecule has 4 bridgehead atoms. The number of nitrogens with one attached hydrogen (secondary N) is 4. The van der Waals surface area contributed by atoms with Gasteiger partial charge in [-0.2, -0.15) is 17.6 Å². The molecule has 0 radical (unpaired) electrons. The largest absolute Gasteiger partial charge is 0.416 e. The molecular weight excluding hydrogens is 878 g/mol. The molecule has 4 aromatic carbocycles. The van der Waals surface area contributed by atoms with E-state index in [1.165, 1.54) is 0 Å². The number of hydrogen-bond acceptors (Lipinski definition) is 8. The van der Waals surface area contributed by atoms with Crippen molar-refractivity contribution in [3.8, 4) is 11.5 Å². The van der Waals surface area contributed by atoms with E-state index in [1.807, 2.05) is 0 Å². The number of fused-ring (bicyclic) bond motifs is 6. The Kier molecular flexibility index (Phi) is 12.7. The van der Waals surface area contributed by atoms with E-state index in [0.29, 0.717) is 25.7 Å². The highest BCUT2D eigenvalue weighted by atomic mass is 19.2. The zero-order valence-electron chi connectivity index (χ0n) is 32.5. The molecule has 1 heterocycles. The zero-order chi connectivity index (χ0) is 46.3. The van der Waals surface area contributed by atoms with E-state index in [-0.39, 0.29) is 25.7 Å². The van der Waals surface area contributed by atoms with Crippen LogP contribution in [-0.2, 0) is 0 Å². The Balaban J connectivity index is 1.26. The van der Waals surface area contributed by atoms with Crippen molar-refractivity contribution < 1.29 is 82.1 Å². The summed E-state index contributed by atoms with van der Waals surface area (Å²) in [4.78, 5) is 82.1. The first-order valence-corrected chi connectivity index (χ1v) is 19.3. The minimum absolute atomic E-state index is 0.205. The number of carbonyl (C=O) groups is 6. The van der Waals surface area contributed by atoms with Crippen molar-refractivity contribution >= 4 is 35.6 Å². The number of benzene rings is 4. The Morgan fingerprint density at radius 3 is 0.828 bits per heavy atom. The maximum atomic E-state index is 14.5. The summed E-state index contributed by atoms with van der Waals surface area (Å²) in [5.41, 5.74) is -3.24. The standard InChI is InChI=1S/C42H30F10N4O8/c43-25-27(45)31(49)35(32(50)28(25)46)63-41(61)19-11-15-9-17(13-19)39(59)55-23-7-3-4-8-24(23)56-40(60)18-10-16(38(58)54-22-6-2-1-5-21(22)53-37(15)57)12-20(14-18)42(62)64-36-33(51)29(47)26(44)30(48)34(36)52/h9-14,21-24H,1-8H2,(H,53,57)(H,54,58)(H,55,59)(H,56,60)/t21-,22-,23-,24-/m0/s1. The Morgan fingerprint density at radius 1 is 0.375 bits per heavy atom. The SMILES string of the molecule is O=C1N[C@H]2CCCC[C@@H]2NC(=O)c2cc(cc(C(=O)Oc3c(F)c(F)c(F)c(F)c3F)c2)C(=O)N[C@H]2CCCC[C@@H]2NC(=O)c2cc1cc(C(=O)Oc1c(F)c(F)c(F)c(F)c1F)c2. The van der Waals surface area contributed by atoms with E-state index in [9.17, 15) is 72.7 Å². The molecular formula is C42H30F10N4O8. The highest BCUT2D eigenvalue weighted by Crippen LogP contribution is 2.32. The van der Waals surface area contributed by atoms with Gasteiger partial charge in [0, 0.05) is 46.4 Å². The van der Waals surface area contributed by atoms with Crippen molar-refractivity contribution in [2.75, 3.05) is 0 Å². The number of esters is 2. The van der Waals surface area contributed by atoms with Crippen LogP contribution in [0.2, 0.25) is 0 Å². The fraction of sp³-hybridized carbons (Fsp3) is 0.286. The van der Waals surface area contributed by atoms with Gasteiger partial charge in [0.05, 0.1) is 11.1 Å². The van der Waals surface area contributed by atoms with Crippen molar-refractivity contribution in [1.82, 2.24) is 21.3 Å². The fourth-order valence-corrected chi connectivity index (χ4v) is 7.63. The normalized spacial score (nSPS) is 20.3. The lowest BCUT2D eigenvalue weighted by atomic mass is 9.89. The van der Waals surface area contributed by atoms with Crippen molar-refractivity contribution in [2.45, 2.75) is 75.5 Å². The average molecular weight is 909 g/mol. The van der Waals surface area contributed by atoms with Crippen LogP contribution in [0.15, 0.2) is 36.4 Å². The minimum Gasteiger partial charge on any atom is -0.416 e. The molecule has 2 aliphatic carbocycles. The van der Waals surface area contributed by atoms with Crippen molar-refractivity contribution in [1.29, 1.82) is 0 Å². The molecule has 4 aromatic rings. The number of hydrogen-bond donors (Lipinski definition) is 4. The van der Waals surface area contributed by atoms with E-state index in [1.54, 1.807) is 0 Å². The summed E-state index contributed by atoms with van der Waals surface area (Å²) in [5, 5.41) is 10.7. The molecule has 22 heteroatoms. The molecule has 4 amide bonds. The van der Waals surface area contributed by atoms with E-state index in [4.69, 9.17) is 0 Å². The summed E-state index contributed by atoms with van der Waals surface area (Å²) >= 11 is 0. The molecule has 4 atom stereocenters. The quantitative estimate of drug-likeness (QED) is 0.0572. The summed E-state index contributed by atoms with van der Waals surface area (Å²) in [5.74, 6) is -35.9. The first-order valence-electron chi connectivity index (χ1n) is 19.3. The smallest absolute Gasteiger partial charge is 0.343 e.